The number of allylic oxidation sites excluding steroid dienone is 1. The maximum Gasteiger partial charge on any atom is 0.244 e. The highest BCUT2D eigenvalue weighted by atomic mass is 35.5. The molecule has 1 aliphatic rings. The number of benzene rings is 1. The Morgan fingerprint density at radius 2 is 2.11 bits per heavy atom. The summed E-state index contributed by atoms with van der Waals surface area (Å²) in [6.45, 7) is 4.09. The summed E-state index contributed by atoms with van der Waals surface area (Å²) in [5, 5.41) is 17.9. The van der Waals surface area contributed by atoms with Crippen LogP contribution in [0.1, 0.15) is 26.8 Å². The number of halogens is 2. The van der Waals surface area contributed by atoms with Crippen LogP contribution in [0.2, 0.25) is 10.0 Å². The standard InChI is InChI=1S/C19H14Cl2N4OS/c1-8-6-11(9(2)27-8)17-15-14(10-4-3-5-13(20)16(10)21)12(7-22)18(23)26-19(15)25-24-17/h3-6,14H,23H2,1-2H3,(H,24,25)/t14-/m1/s1. The number of nitrogens with one attached hydrogen (secondary N) is 1. The van der Waals surface area contributed by atoms with Gasteiger partial charge in [-0.05, 0) is 31.5 Å². The van der Waals surface area contributed by atoms with Gasteiger partial charge in [-0.2, -0.15) is 5.26 Å². The predicted molar refractivity (Wildman–Crippen MR) is 107 cm³/mol. The summed E-state index contributed by atoms with van der Waals surface area (Å²) in [6, 6.07) is 9.58. The van der Waals surface area contributed by atoms with Gasteiger partial charge in [-0.25, -0.2) is 0 Å². The average molecular weight is 417 g/mol. The van der Waals surface area contributed by atoms with E-state index in [9.17, 15) is 5.26 Å². The minimum absolute atomic E-state index is 0.0160. The second-order valence-electron chi connectivity index (χ2n) is 6.21. The van der Waals surface area contributed by atoms with E-state index in [0.717, 1.165) is 21.7 Å². The van der Waals surface area contributed by atoms with Crippen molar-refractivity contribution in [1.82, 2.24) is 10.2 Å². The molecule has 0 spiro atoms. The van der Waals surface area contributed by atoms with Crippen LogP contribution in [0.15, 0.2) is 35.7 Å². The number of H-pyrrole nitrogens is 1. The van der Waals surface area contributed by atoms with E-state index < -0.39 is 5.92 Å². The highest BCUT2D eigenvalue weighted by Gasteiger charge is 2.37. The quantitative estimate of drug-likeness (QED) is 0.594. The number of nitriles is 1. The Labute approximate surface area is 170 Å². The van der Waals surface area contributed by atoms with Crippen molar-refractivity contribution >= 4 is 34.5 Å². The van der Waals surface area contributed by atoms with Crippen LogP contribution in [-0.4, -0.2) is 10.2 Å². The minimum Gasteiger partial charge on any atom is -0.420 e. The number of fused-ring (bicyclic) bond motifs is 1. The summed E-state index contributed by atoms with van der Waals surface area (Å²) in [6.07, 6.45) is 0. The Bertz CT molecular complexity index is 1140. The van der Waals surface area contributed by atoms with E-state index in [-0.39, 0.29) is 11.5 Å². The minimum atomic E-state index is -0.529. The molecule has 0 bridgehead atoms. The second-order valence-corrected chi connectivity index (χ2v) is 8.46. The van der Waals surface area contributed by atoms with Gasteiger partial charge in [0.25, 0.3) is 0 Å². The fourth-order valence-electron chi connectivity index (χ4n) is 3.38. The largest absolute Gasteiger partial charge is 0.420 e. The summed E-state index contributed by atoms with van der Waals surface area (Å²) in [4.78, 5) is 2.31. The molecule has 0 amide bonds. The normalized spacial score (nSPS) is 16.0. The molecule has 136 valence electrons. The van der Waals surface area contributed by atoms with Gasteiger partial charge in [0.1, 0.15) is 11.6 Å². The maximum atomic E-state index is 9.76. The van der Waals surface area contributed by atoms with Crippen LogP contribution in [-0.2, 0) is 0 Å². The van der Waals surface area contributed by atoms with Crippen LogP contribution in [0, 0.1) is 25.2 Å². The van der Waals surface area contributed by atoms with E-state index >= 15 is 0 Å². The lowest BCUT2D eigenvalue weighted by Gasteiger charge is -2.25. The third-order valence-electron chi connectivity index (χ3n) is 4.54. The first kappa shape index (κ1) is 17.9. The maximum absolute atomic E-state index is 9.76. The highest BCUT2D eigenvalue weighted by Crippen LogP contribution is 2.49. The van der Waals surface area contributed by atoms with Crippen molar-refractivity contribution in [3.8, 4) is 23.2 Å². The molecule has 3 N–H and O–H groups in total. The zero-order chi connectivity index (χ0) is 19.3. The molecule has 27 heavy (non-hydrogen) atoms. The van der Waals surface area contributed by atoms with Crippen molar-refractivity contribution in [1.29, 1.82) is 5.26 Å². The van der Waals surface area contributed by atoms with Crippen LogP contribution < -0.4 is 10.5 Å². The monoisotopic (exact) mass is 416 g/mol. The molecule has 1 atom stereocenters. The SMILES string of the molecule is Cc1cc(-c2[nH]nc3c2[C@H](c2cccc(Cl)c2Cl)C(C#N)=C(N)O3)c(C)s1. The van der Waals surface area contributed by atoms with E-state index in [1.807, 2.05) is 19.9 Å². The van der Waals surface area contributed by atoms with Gasteiger partial charge in [0.05, 0.1) is 27.2 Å². The Morgan fingerprint density at radius 3 is 2.78 bits per heavy atom. The molecule has 0 unspecified atom stereocenters. The molecule has 0 saturated carbocycles. The summed E-state index contributed by atoms with van der Waals surface area (Å²) in [7, 11) is 0. The number of hydrogen-bond acceptors (Lipinski definition) is 5. The summed E-state index contributed by atoms with van der Waals surface area (Å²) < 4.78 is 5.63. The Hall–Kier alpha value is -2.46. The molecule has 3 aromatic rings. The Balaban J connectivity index is 2.02. The molecule has 0 saturated heterocycles. The van der Waals surface area contributed by atoms with Gasteiger partial charge in [-0.1, -0.05) is 35.3 Å². The zero-order valence-corrected chi connectivity index (χ0v) is 16.8. The lowest BCUT2D eigenvalue weighted by molar-refractivity contribution is 0.379. The van der Waals surface area contributed by atoms with Crippen LogP contribution in [0.25, 0.3) is 11.3 Å². The van der Waals surface area contributed by atoms with Crippen LogP contribution in [0.4, 0.5) is 0 Å². The van der Waals surface area contributed by atoms with Gasteiger partial charge < -0.3 is 10.5 Å². The van der Waals surface area contributed by atoms with Crippen LogP contribution in [0.3, 0.4) is 0 Å². The fraction of sp³-hybridized carbons (Fsp3) is 0.158. The molecule has 0 fully saturated rings. The van der Waals surface area contributed by atoms with Crippen molar-refractivity contribution in [3.05, 3.63) is 66.6 Å². The highest BCUT2D eigenvalue weighted by molar-refractivity contribution is 7.12. The average Bonchev–Trinajstić information content (AvgIpc) is 3.18. The number of aromatic amines is 1. The van der Waals surface area contributed by atoms with Gasteiger partial charge in [0.2, 0.25) is 11.8 Å². The second kappa shape index (κ2) is 6.61. The van der Waals surface area contributed by atoms with E-state index in [1.54, 1.807) is 23.5 Å². The van der Waals surface area contributed by atoms with Crippen molar-refractivity contribution in [3.63, 3.8) is 0 Å². The summed E-state index contributed by atoms with van der Waals surface area (Å²) in [5.74, 6) is -0.175. The summed E-state index contributed by atoms with van der Waals surface area (Å²) in [5.41, 5.74) is 9.49. The number of aromatic nitrogens is 2. The molecule has 5 nitrogen and oxygen atoms in total. The predicted octanol–water partition coefficient (Wildman–Crippen LogP) is 5.28. The Morgan fingerprint density at radius 1 is 1.33 bits per heavy atom. The van der Waals surface area contributed by atoms with Gasteiger partial charge in [0, 0.05) is 15.3 Å². The lowest BCUT2D eigenvalue weighted by Crippen LogP contribution is -2.21. The molecule has 1 aromatic carbocycles. The number of thiophene rings is 1. The zero-order valence-electron chi connectivity index (χ0n) is 14.4. The molecule has 1 aliphatic heterocycles. The molecule has 8 heteroatoms. The van der Waals surface area contributed by atoms with Crippen molar-refractivity contribution in [2.45, 2.75) is 19.8 Å². The van der Waals surface area contributed by atoms with Crippen LogP contribution >= 0.6 is 34.5 Å². The first-order chi connectivity index (χ1) is 12.9. The third kappa shape index (κ3) is 2.79. The number of hydrogen-bond donors (Lipinski definition) is 2. The van der Waals surface area contributed by atoms with Gasteiger partial charge in [0.15, 0.2) is 0 Å². The van der Waals surface area contributed by atoms with Gasteiger partial charge >= 0.3 is 0 Å². The molecule has 0 aliphatic carbocycles. The number of nitrogens with two attached hydrogens (primary N) is 1. The summed E-state index contributed by atoms with van der Waals surface area (Å²) >= 11 is 14.4. The number of nitrogens with zero attached hydrogens (tertiary/aromatic N) is 2. The Kier molecular flexibility index (Phi) is 4.39. The fourth-order valence-corrected chi connectivity index (χ4v) is 4.73. The van der Waals surface area contributed by atoms with E-state index in [1.165, 1.54) is 4.88 Å². The topological polar surface area (TPSA) is 87.7 Å². The van der Waals surface area contributed by atoms with E-state index in [0.29, 0.717) is 21.5 Å². The lowest BCUT2D eigenvalue weighted by atomic mass is 9.83. The smallest absolute Gasteiger partial charge is 0.244 e. The van der Waals surface area contributed by atoms with Crippen molar-refractivity contribution < 1.29 is 4.74 Å². The van der Waals surface area contributed by atoms with Crippen LogP contribution in [0.5, 0.6) is 5.88 Å². The third-order valence-corrected chi connectivity index (χ3v) is 6.34. The number of rotatable bonds is 2. The van der Waals surface area contributed by atoms with E-state index in [2.05, 4.69) is 22.3 Å². The molecule has 4 rings (SSSR count). The molecular weight excluding hydrogens is 403 g/mol. The molecule has 0 radical (unpaired) electrons. The number of ether oxygens (including phenoxy) is 1. The van der Waals surface area contributed by atoms with Gasteiger partial charge in [-0.15, -0.1) is 16.4 Å². The van der Waals surface area contributed by atoms with Gasteiger partial charge in [-0.3, -0.25) is 5.10 Å². The first-order valence-electron chi connectivity index (χ1n) is 8.09. The molecule has 3 heterocycles. The molecule has 2 aromatic heterocycles. The number of aryl methyl sites for hydroxylation is 2. The first-order valence-corrected chi connectivity index (χ1v) is 9.66. The van der Waals surface area contributed by atoms with Crippen molar-refractivity contribution in [2.75, 3.05) is 0 Å². The van der Waals surface area contributed by atoms with E-state index in [4.69, 9.17) is 33.7 Å². The molecular formula is C19H14Cl2N4OS. The van der Waals surface area contributed by atoms with Crippen molar-refractivity contribution in [2.24, 2.45) is 5.73 Å².